The number of rotatable bonds is 5. The topological polar surface area (TPSA) is 61.6 Å². The molecule has 1 aromatic rings. The zero-order chi connectivity index (χ0) is 12.1. The SMILES string of the molecule is CSc1ncc(/C=C/C#N)c(NCC2CC2)n1. The van der Waals surface area contributed by atoms with Crippen LogP contribution in [-0.4, -0.2) is 22.8 Å². The highest BCUT2D eigenvalue weighted by molar-refractivity contribution is 7.98. The number of nitriles is 1. The van der Waals surface area contributed by atoms with E-state index in [-0.39, 0.29) is 0 Å². The molecule has 2 rings (SSSR count). The number of nitrogens with zero attached hydrogens (tertiary/aromatic N) is 3. The molecule has 0 unspecified atom stereocenters. The van der Waals surface area contributed by atoms with Gasteiger partial charge in [0.1, 0.15) is 5.82 Å². The fourth-order valence-electron chi connectivity index (χ4n) is 1.43. The molecule has 0 aromatic carbocycles. The molecule has 0 atom stereocenters. The van der Waals surface area contributed by atoms with Crippen molar-refractivity contribution in [2.45, 2.75) is 18.0 Å². The summed E-state index contributed by atoms with van der Waals surface area (Å²) in [6, 6.07) is 1.98. The lowest BCUT2D eigenvalue weighted by Gasteiger charge is -2.08. The zero-order valence-corrected chi connectivity index (χ0v) is 10.5. The summed E-state index contributed by atoms with van der Waals surface area (Å²) in [7, 11) is 0. The maximum Gasteiger partial charge on any atom is 0.189 e. The van der Waals surface area contributed by atoms with Gasteiger partial charge in [0.25, 0.3) is 0 Å². The summed E-state index contributed by atoms with van der Waals surface area (Å²) in [5.74, 6) is 1.61. The molecule has 0 radical (unpaired) electrons. The summed E-state index contributed by atoms with van der Waals surface area (Å²) in [4.78, 5) is 8.63. The van der Waals surface area contributed by atoms with Crippen LogP contribution in [0.15, 0.2) is 17.4 Å². The lowest BCUT2D eigenvalue weighted by Crippen LogP contribution is -2.07. The van der Waals surface area contributed by atoms with Crippen molar-refractivity contribution in [3.8, 4) is 6.07 Å². The van der Waals surface area contributed by atoms with Gasteiger partial charge in [0, 0.05) is 24.4 Å². The summed E-state index contributed by atoms with van der Waals surface area (Å²) < 4.78 is 0. The summed E-state index contributed by atoms with van der Waals surface area (Å²) >= 11 is 1.51. The number of hydrogen-bond acceptors (Lipinski definition) is 5. The van der Waals surface area contributed by atoms with E-state index in [0.29, 0.717) is 0 Å². The van der Waals surface area contributed by atoms with E-state index < -0.39 is 0 Å². The van der Waals surface area contributed by atoms with Gasteiger partial charge in [0.2, 0.25) is 0 Å². The van der Waals surface area contributed by atoms with Crippen molar-refractivity contribution >= 4 is 23.7 Å². The molecule has 88 valence electrons. The number of nitrogens with one attached hydrogen (secondary N) is 1. The zero-order valence-electron chi connectivity index (χ0n) is 9.68. The normalized spacial score (nSPS) is 14.8. The minimum absolute atomic E-state index is 0.748. The second-order valence-corrected chi connectivity index (χ2v) is 4.72. The lowest BCUT2D eigenvalue weighted by molar-refractivity contribution is 0.867. The summed E-state index contributed by atoms with van der Waals surface area (Å²) in [5.41, 5.74) is 0.866. The first-order valence-electron chi connectivity index (χ1n) is 5.54. The fraction of sp³-hybridized carbons (Fsp3) is 0.417. The van der Waals surface area contributed by atoms with Crippen LogP contribution in [0.1, 0.15) is 18.4 Å². The molecule has 4 nitrogen and oxygen atoms in total. The largest absolute Gasteiger partial charge is 0.369 e. The highest BCUT2D eigenvalue weighted by Crippen LogP contribution is 2.29. The van der Waals surface area contributed by atoms with Crippen LogP contribution in [0.4, 0.5) is 5.82 Å². The molecule has 1 heterocycles. The Balaban J connectivity index is 2.16. The Hall–Kier alpha value is -1.54. The van der Waals surface area contributed by atoms with Crippen LogP contribution < -0.4 is 5.32 Å². The van der Waals surface area contributed by atoms with Crippen LogP contribution >= 0.6 is 11.8 Å². The molecule has 17 heavy (non-hydrogen) atoms. The first kappa shape index (κ1) is 11.9. The van der Waals surface area contributed by atoms with E-state index in [4.69, 9.17) is 5.26 Å². The first-order chi connectivity index (χ1) is 8.33. The molecule has 1 aliphatic rings. The first-order valence-corrected chi connectivity index (χ1v) is 6.77. The smallest absolute Gasteiger partial charge is 0.189 e. The Bertz CT molecular complexity index is 460. The third-order valence-corrected chi connectivity index (χ3v) is 3.13. The Labute approximate surface area is 105 Å². The Morgan fingerprint density at radius 3 is 3.12 bits per heavy atom. The molecule has 0 bridgehead atoms. The summed E-state index contributed by atoms with van der Waals surface area (Å²) in [6.45, 7) is 0.957. The van der Waals surface area contributed by atoms with Gasteiger partial charge >= 0.3 is 0 Å². The van der Waals surface area contributed by atoms with Gasteiger partial charge in [0.05, 0.1) is 6.07 Å². The maximum absolute atomic E-state index is 8.55. The van der Waals surface area contributed by atoms with E-state index in [2.05, 4.69) is 15.3 Å². The van der Waals surface area contributed by atoms with E-state index in [1.165, 1.54) is 30.7 Å². The molecule has 0 saturated heterocycles. The van der Waals surface area contributed by atoms with Gasteiger partial charge in [-0.25, -0.2) is 9.97 Å². The molecule has 0 amide bonds. The molecular weight excluding hydrogens is 232 g/mol. The van der Waals surface area contributed by atoms with Crippen molar-refractivity contribution < 1.29 is 0 Å². The van der Waals surface area contributed by atoms with Gasteiger partial charge in [-0.2, -0.15) is 5.26 Å². The number of allylic oxidation sites excluding steroid dienone is 1. The Morgan fingerprint density at radius 2 is 2.47 bits per heavy atom. The monoisotopic (exact) mass is 246 g/mol. The Morgan fingerprint density at radius 1 is 1.65 bits per heavy atom. The Kier molecular flexibility index (Phi) is 3.99. The third-order valence-electron chi connectivity index (χ3n) is 2.57. The standard InChI is InChI=1S/C12H14N4S/c1-17-12-15-8-10(3-2-6-13)11(16-12)14-7-9-4-5-9/h2-3,8-9H,4-5,7H2,1H3,(H,14,15,16)/b3-2+. The molecule has 5 heteroatoms. The number of aromatic nitrogens is 2. The van der Waals surface area contributed by atoms with Crippen molar-refractivity contribution in [3.63, 3.8) is 0 Å². The van der Waals surface area contributed by atoms with Gasteiger partial charge in [-0.15, -0.1) is 0 Å². The van der Waals surface area contributed by atoms with Gasteiger partial charge in [-0.1, -0.05) is 11.8 Å². The summed E-state index contributed by atoms with van der Waals surface area (Å²) in [5, 5.41) is 12.6. The van der Waals surface area contributed by atoms with E-state index >= 15 is 0 Å². The van der Waals surface area contributed by atoms with Gasteiger partial charge in [0.15, 0.2) is 5.16 Å². The molecular formula is C12H14N4S. The quantitative estimate of drug-likeness (QED) is 0.491. The van der Waals surface area contributed by atoms with E-state index in [1.54, 1.807) is 12.3 Å². The molecule has 1 aromatic heterocycles. The maximum atomic E-state index is 8.55. The molecule has 1 fully saturated rings. The average molecular weight is 246 g/mol. The highest BCUT2D eigenvalue weighted by Gasteiger charge is 2.21. The van der Waals surface area contributed by atoms with Gasteiger partial charge in [-0.05, 0) is 31.1 Å². The van der Waals surface area contributed by atoms with Crippen LogP contribution in [-0.2, 0) is 0 Å². The number of anilines is 1. The second kappa shape index (κ2) is 5.69. The van der Waals surface area contributed by atoms with Crippen molar-refractivity contribution in [1.29, 1.82) is 5.26 Å². The van der Waals surface area contributed by atoms with Crippen molar-refractivity contribution in [1.82, 2.24) is 9.97 Å². The minimum Gasteiger partial charge on any atom is -0.369 e. The number of thioether (sulfide) groups is 1. The van der Waals surface area contributed by atoms with Gasteiger partial charge in [-0.3, -0.25) is 0 Å². The van der Waals surface area contributed by atoms with Crippen LogP contribution in [0.5, 0.6) is 0 Å². The van der Waals surface area contributed by atoms with Crippen LogP contribution in [0.3, 0.4) is 0 Å². The predicted molar refractivity (Wildman–Crippen MR) is 69.7 cm³/mol. The molecule has 0 aliphatic heterocycles. The molecule has 0 spiro atoms. The molecule has 1 saturated carbocycles. The van der Waals surface area contributed by atoms with Crippen LogP contribution in [0.2, 0.25) is 0 Å². The fourth-order valence-corrected chi connectivity index (χ4v) is 1.77. The minimum atomic E-state index is 0.748. The molecule has 1 aliphatic carbocycles. The van der Waals surface area contributed by atoms with Crippen LogP contribution in [0.25, 0.3) is 6.08 Å². The van der Waals surface area contributed by atoms with E-state index in [9.17, 15) is 0 Å². The summed E-state index contributed by atoms with van der Waals surface area (Å²) in [6.07, 6.45) is 9.49. The third kappa shape index (κ3) is 3.46. The highest BCUT2D eigenvalue weighted by atomic mass is 32.2. The lowest BCUT2D eigenvalue weighted by atomic mass is 10.2. The predicted octanol–water partition coefficient (Wildman–Crippen LogP) is 2.56. The number of hydrogen-bond donors (Lipinski definition) is 1. The van der Waals surface area contributed by atoms with Crippen molar-refractivity contribution in [2.24, 2.45) is 5.92 Å². The van der Waals surface area contributed by atoms with Crippen LogP contribution in [0, 0.1) is 17.2 Å². The average Bonchev–Trinajstić information content (AvgIpc) is 3.18. The molecule has 1 N–H and O–H groups in total. The van der Waals surface area contributed by atoms with Gasteiger partial charge < -0.3 is 5.32 Å². The van der Waals surface area contributed by atoms with Crippen molar-refractivity contribution in [3.05, 3.63) is 17.8 Å². The second-order valence-electron chi connectivity index (χ2n) is 3.95. The van der Waals surface area contributed by atoms with E-state index in [0.717, 1.165) is 29.0 Å². The van der Waals surface area contributed by atoms with Crippen molar-refractivity contribution in [2.75, 3.05) is 18.1 Å². The van der Waals surface area contributed by atoms with E-state index in [1.807, 2.05) is 12.3 Å².